The molecule has 0 saturated heterocycles. The molecule has 4 heterocycles. The van der Waals surface area contributed by atoms with Crippen LogP contribution in [-0.4, -0.2) is 24.5 Å². The van der Waals surface area contributed by atoms with Crippen LogP contribution in [0.1, 0.15) is 44.6 Å². The standard InChI is InChI=1S/C37H29Br2N5/c1-5-6-7-9-12-22(2)33-41-34(23-13-10-8-11-14-23)43-35(42-33)24-17-30-36(40-21-24)44-31-16-15-25(38)18-27(31)28-19-26(39)20-29(32(28)44)37(30,3)4/h5-21H,1-4H3/b6-5-,9-7-,22-12+. The van der Waals surface area contributed by atoms with E-state index in [9.17, 15) is 0 Å². The molecule has 0 radical (unpaired) electrons. The molecule has 3 aromatic heterocycles. The van der Waals surface area contributed by atoms with Gasteiger partial charge in [0, 0.05) is 48.0 Å². The largest absolute Gasteiger partial charge is 0.293 e. The van der Waals surface area contributed by atoms with E-state index in [0.29, 0.717) is 17.5 Å². The fourth-order valence-electron chi connectivity index (χ4n) is 5.99. The second kappa shape index (κ2) is 11.1. The van der Waals surface area contributed by atoms with E-state index >= 15 is 0 Å². The zero-order valence-electron chi connectivity index (χ0n) is 24.8. The van der Waals surface area contributed by atoms with Crippen LogP contribution in [0.15, 0.2) is 112 Å². The van der Waals surface area contributed by atoms with Gasteiger partial charge in [-0.05, 0) is 61.4 Å². The van der Waals surface area contributed by atoms with Crippen LogP contribution < -0.4 is 0 Å². The summed E-state index contributed by atoms with van der Waals surface area (Å²) in [4.78, 5) is 19.9. The van der Waals surface area contributed by atoms with Crippen LogP contribution in [0.3, 0.4) is 0 Å². The molecule has 0 fully saturated rings. The van der Waals surface area contributed by atoms with Crippen molar-refractivity contribution in [2.45, 2.75) is 33.1 Å². The molecule has 3 aromatic carbocycles. The summed E-state index contributed by atoms with van der Waals surface area (Å²) in [6.07, 6.45) is 11.9. The highest BCUT2D eigenvalue weighted by Crippen LogP contribution is 2.48. The fourth-order valence-corrected chi connectivity index (χ4v) is 6.81. The summed E-state index contributed by atoms with van der Waals surface area (Å²) in [5, 5.41) is 2.39. The van der Waals surface area contributed by atoms with Gasteiger partial charge in [0.15, 0.2) is 17.5 Å². The number of nitrogens with zero attached hydrogens (tertiary/aromatic N) is 5. The summed E-state index contributed by atoms with van der Waals surface area (Å²) in [5.41, 5.74) is 7.09. The second-order valence-electron chi connectivity index (χ2n) is 11.5. The molecular formula is C37H29Br2N5. The van der Waals surface area contributed by atoms with Gasteiger partial charge < -0.3 is 0 Å². The van der Waals surface area contributed by atoms with Gasteiger partial charge in [-0.25, -0.2) is 19.9 Å². The number of aromatic nitrogens is 5. The zero-order chi connectivity index (χ0) is 30.6. The highest BCUT2D eigenvalue weighted by molar-refractivity contribution is 9.10. The zero-order valence-corrected chi connectivity index (χ0v) is 28.0. The Balaban J connectivity index is 1.45. The van der Waals surface area contributed by atoms with Crippen molar-refractivity contribution in [1.29, 1.82) is 0 Å². The third-order valence-corrected chi connectivity index (χ3v) is 9.20. The lowest BCUT2D eigenvalue weighted by Crippen LogP contribution is -2.27. The molecule has 0 aliphatic carbocycles. The van der Waals surface area contributed by atoms with Crippen LogP contribution in [-0.2, 0) is 5.41 Å². The van der Waals surface area contributed by atoms with Gasteiger partial charge in [-0.3, -0.25) is 4.57 Å². The molecule has 0 atom stereocenters. The maximum atomic E-state index is 5.14. The molecule has 0 amide bonds. The first kappa shape index (κ1) is 28.6. The van der Waals surface area contributed by atoms with Gasteiger partial charge in [-0.15, -0.1) is 0 Å². The lowest BCUT2D eigenvalue weighted by molar-refractivity contribution is 0.624. The normalized spacial score (nSPS) is 14.3. The minimum absolute atomic E-state index is 0.326. The molecule has 5 nitrogen and oxygen atoms in total. The van der Waals surface area contributed by atoms with E-state index < -0.39 is 0 Å². The summed E-state index contributed by atoms with van der Waals surface area (Å²) < 4.78 is 4.41. The average molecular weight is 703 g/mol. The Morgan fingerprint density at radius 3 is 2.30 bits per heavy atom. The number of hydrogen-bond donors (Lipinski definition) is 0. The van der Waals surface area contributed by atoms with Crippen molar-refractivity contribution < 1.29 is 0 Å². The van der Waals surface area contributed by atoms with Crippen molar-refractivity contribution in [2.75, 3.05) is 0 Å². The first-order valence-corrected chi connectivity index (χ1v) is 16.1. The number of halogens is 2. The van der Waals surface area contributed by atoms with Gasteiger partial charge in [-0.1, -0.05) is 106 Å². The fraction of sp³-hybridized carbons (Fsp3) is 0.135. The summed E-state index contributed by atoms with van der Waals surface area (Å²) in [6, 6.07) is 23.2. The van der Waals surface area contributed by atoms with E-state index in [1.165, 1.54) is 21.9 Å². The maximum Gasteiger partial charge on any atom is 0.165 e. The third kappa shape index (κ3) is 4.75. The molecule has 44 heavy (non-hydrogen) atoms. The van der Waals surface area contributed by atoms with E-state index in [0.717, 1.165) is 42.5 Å². The van der Waals surface area contributed by atoms with Crippen LogP contribution in [0.25, 0.3) is 56.0 Å². The lowest BCUT2D eigenvalue weighted by atomic mass is 9.75. The Labute approximate surface area is 273 Å². The van der Waals surface area contributed by atoms with Crippen molar-refractivity contribution >= 4 is 59.2 Å². The predicted octanol–water partition coefficient (Wildman–Crippen LogP) is 10.4. The molecule has 7 rings (SSSR count). The van der Waals surface area contributed by atoms with Crippen LogP contribution >= 0.6 is 31.9 Å². The number of fused-ring (bicyclic) bond motifs is 5. The second-order valence-corrected chi connectivity index (χ2v) is 13.3. The van der Waals surface area contributed by atoms with Gasteiger partial charge in [0.1, 0.15) is 5.82 Å². The highest BCUT2D eigenvalue weighted by Gasteiger charge is 2.37. The highest BCUT2D eigenvalue weighted by atomic mass is 79.9. The minimum Gasteiger partial charge on any atom is -0.293 e. The Morgan fingerprint density at radius 2 is 1.52 bits per heavy atom. The van der Waals surface area contributed by atoms with Crippen LogP contribution in [0.2, 0.25) is 0 Å². The van der Waals surface area contributed by atoms with E-state index in [4.69, 9.17) is 19.9 Å². The topological polar surface area (TPSA) is 56.5 Å². The van der Waals surface area contributed by atoms with Gasteiger partial charge >= 0.3 is 0 Å². The SMILES string of the molecule is C\C=C/C=C\C=C(/C)c1nc(-c2ccccc2)nc(-c2cnc3c(c2)C(C)(C)c2cc(Br)cc4c5cc(Br)ccc5n-3c24)n1. The van der Waals surface area contributed by atoms with Gasteiger partial charge in [0.25, 0.3) is 0 Å². The van der Waals surface area contributed by atoms with Crippen molar-refractivity contribution in [3.8, 4) is 28.6 Å². The van der Waals surface area contributed by atoms with Crippen LogP contribution in [0.5, 0.6) is 0 Å². The van der Waals surface area contributed by atoms with Gasteiger partial charge in [-0.2, -0.15) is 0 Å². The molecule has 6 aromatic rings. The third-order valence-electron chi connectivity index (χ3n) is 8.25. The monoisotopic (exact) mass is 701 g/mol. The molecular weight excluding hydrogens is 674 g/mol. The Kier molecular flexibility index (Phi) is 7.18. The number of pyridine rings is 1. The smallest absolute Gasteiger partial charge is 0.165 e. The van der Waals surface area contributed by atoms with Crippen molar-refractivity contribution in [3.63, 3.8) is 0 Å². The Hall–Kier alpha value is -4.20. The summed E-state index contributed by atoms with van der Waals surface area (Å²) in [5.74, 6) is 2.79. The number of rotatable bonds is 5. The number of benzene rings is 3. The summed E-state index contributed by atoms with van der Waals surface area (Å²) in [7, 11) is 0. The quantitative estimate of drug-likeness (QED) is 0.168. The minimum atomic E-state index is -0.326. The van der Waals surface area contributed by atoms with E-state index in [-0.39, 0.29) is 5.41 Å². The predicted molar refractivity (Wildman–Crippen MR) is 188 cm³/mol. The van der Waals surface area contributed by atoms with Crippen molar-refractivity contribution in [3.05, 3.63) is 129 Å². The number of allylic oxidation sites excluding steroid dienone is 6. The average Bonchev–Trinajstić information content (AvgIpc) is 3.35. The molecule has 7 heteroatoms. The Morgan fingerprint density at radius 1 is 0.773 bits per heavy atom. The molecule has 1 aliphatic rings. The van der Waals surface area contributed by atoms with Crippen LogP contribution in [0, 0.1) is 0 Å². The van der Waals surface area contributed by atoms with E-state index in [1.807, 2.05) is 80.8 Å². The first-order valence-electron chi connectivity index (χ1n) is 14.5. The first-order chi connectivity index (χ1) is 21.3. The molecule has 0 saturated carbocycles. The summed E-state index contributed by atoms with van der Waals surface area (Å²) in [6.45, 7) is 8.57. The lowest BCUT2D eigenvalue weighted by Gasteiger charge is -2.34. The van der Waals surface area contributed by atoms with Gasteiger partial charge in [0.05, 0.1) is 11.0 Å². The van der Waals surface area contributed by atoms with E-state index in [2.05, 4.69) is 86.7 Å². The molecule has 1 aliphatic heterocycles. The number of hydrogen-bond acceptors (Lipinski definition) is 4. The van der Waals surface area contributed by atoms with Crippen molar-refractivity contribution in [2.24, 2.45) is 0 Å². The van der Waals surface area contributed by atoms with Crippen molar-refractivity contribution in [1.82, 2.24) is 24.5 Å². The van der Waals surface area contributed by atoms with Crippen LogP contribution in [0.4, 0.5) is 0 Å². The molecule has 0 N–H and O–H groups in total. The molecule has 0 spiro atoms. The molecule has 0 bridgehead atoms. The Bertz CT molecular complexity index is 2190. The van der Waals surface area contributed by atoms with E-state index in [1.54, 1.807) is 0 Å². The maximum absolute atomic E-state index is 5.14. The van der Waals surface area contributed by atoms with Gasteiger partial charge in [0.2, 0.25) is 0 Å². The molecule has 0 unspecified atom stereocenters. The molecule has 216 valence electrons. The summed E-state index contributed by atoms with van der Waals surface area (Å²) >= 11 is 7.49.